The second-order valence-electron chi connectivity index (χ2n) is 5.12. The Kier molecular flexibility index (Phi) is 6.70. The highest BCUT2D eigenvalue weighted by atomic mass is 35.5. The van der Waals surface area contributed by atoms with E-state index >= 15 is 0 Å². The lowest BCUT2D eigenvalue weighted by Gasteiger charge is -2.09. The van der Waals surface area contributed by atoms with Gasteiger partial charge in [-0.15, -0.1) is 11.3 Å². The highest BCUT2D eigenvalue weighted by Crippen LogP contribution is 2.33. The Hall–Kier alpha value is -1.76. The van der Waals surface area contributed by atoms with E-state index in [4.69, 9.17) is 32.7 Å². The van der Waals surface area contributed by atoms with E-state index in [1.54, 1.807) is 19.1 Å². The number of ether oxygens (including phenoxy) is 2. The molecular formula is C17H17Cl2NO4S. The topological polar surface area (TPSA) is 64.6 Å². The van der Waals surface area contributed by atoms with Crippen molar-refractivity contribution >= 4 is 51.4 Å². The van der Waals surface area contributed by atoms with E-state index in [9.17, 15) is 9.59 Å². The number of anilines is 1. The number of carbonyl (C=O) groups is 2. The maximum atomic E-state index is 12.2. The van der Waals surface area contributed by atoms with Crippen molar-refractivity contribution in [3.63, 3.8) is 0 Å². The molecule has 1 amide bonds. The van der Waals surface area contributed by atoms with Crippen LogP contribution >= 0.6 is 34.5 Å². The molecule has 0 aliphatic rings. The van der Waals surface area contributed by atoms with Crippen molar-refractivity contribution in [2.75, 3.05) is 18.5 Å². The van der Waals surface area contributed by atoms with Crippen LogP contribution in [-0.4, -0.2) is 25.1 Å². The molecule has 1 aromatic carbocycles. The average molecular weight is 402 g/mol. The number of thiophene rings is 1. The van der Waals surface area contributed by atoms with Crippen molar-refractivity contribution in [1.29, 1.82) is 0 Å². The Morgan fingerprint density at radius 2 is 1.96 bits per heavy atom. The van der Waals surface area contributed by atoms with Crippen LogP contribution in [0.4, 0.5) is 5.00 Å². The summed E-state index contributed by atoms with van der Waals surface area (Å²) in [5, 5.41) is 3.94. The van der Waals surface area contributed by atoms with E-state index in [-0.39, 0.29) is 13.2 Å². The molecule has 0 saturated heterocycles. The number of halogens is 2. The third-order valence-electron chi connectivity index (χ3n) is 3.37. The number of rotatable bonds is 6. The monoisotopic (exact) mass is 401 g/mol. The fraction of sp³-hybridized carbons (Fsp3) is 0.294. The van der Waals surface area contributed by atoms with Crippen LogP contribution in [-0.2, 0) is 9.53 Å². The number of esters is 1. The molecule has 0 radical (unpaired) electrons. The van der Waals surface area contributed by atoms with Crippen molar-refractivity contribution < 1.29 is 19.1 Å². The molecule has 8 heteroatoms. The highest BCUT2D eigenvalue weighted by molar-refractivity contribution is 7.16. The summed E-state index contributed by atoms with van der Waals surface area (Å²) in [6.45, 7) is 5.42. The minimum atomic E-state index is -0.460. The summed E-state index contributed by atoms with van der Waals surface area (Å²) < 4.78 is 10.5. The Balaban J connectivity index is 2.09. The lowest BCUT2D eigenvalue weighted by atomic mass is 10.1. The first kappa shape index (κ1) is 19.6. The molecule has 5 nitrogen and oxygen atoms in total. The van der Waals surface area contributed by atoms with Gasteiger partial charge in [-0.25, -0.2) is 4.79 Å². The highest BCUT2D eigenvalue weighted by Gasteiger charge is 2.22. The molecule has 1 aromatic heterocycles. The zero-order valence-electron chi connectivity index (χ0n) is 13.9. The first-order valence-electron chi connectivity index (χ1n) is 7.48. The molecule has 1 heterocycles. The first-order valence-corrected chi connectivity index (χ1v) is 9.05. The van der Waals surface area contributed by atoms with Gasteiger partial charge < -0.3 is 14.8 Å². The Morgan fingerprint density at radius 1 is 1.24 bits per heavy atom. The van der Waals surface area contributed by atoms with Gasteiger partial charge in [-0.1, -0.05) is 23.2 Å². The van der Waals surface area contributed by atoms with Crippen molar-refractivity contribution in [3.8, 4) is 5.75 Å². The van der Waals surface area contributed by atoms with E-state index in [1.165, 1.54) is 17.4 Å². The molecule has 0 saturated carbocycles. The molecule has 1 N–H and O–H groups in total. The summed E-state index contributed by atoms with van der Waals surface area (Å²) in [6, 6.07) is 4.74. The van der Waals surface area contributed by atoms with E-state index in [2.05, 4.69) is 5.32 Å². The number of benzene rings is 1. The molecular weight excluding hydrogens is 385 g/mol. The van der Waals surface area contributed by atoms with Crippen LogP contribution in [0.15, 0.2) is 18.2 Å². The van der Waals surface area contributed by atoms with Crippen LogP contribution in [0.25, 0.3) is 0 Å². The summed E-state index contributed by atoms with van der Waals surface area (Å²) in [4.78, 5) is 25.2. The SMILES string of the molecule is CCOC(=O)c1c(NC(=O)COc2cc(Cl)ccc2Cl)sc(C)c1C. The van der Waals surface area contributed by atoms with E-state index in [0.717, 1.165) is 10.4 Å². The van der Waals surface area contributed by atoms with Crippen molar-refractivity contribution in [1.82, 2.24) is 0 Å². The number of hydrogen-bond donors (Lipinski definition) is 1. The Morgan fingerprint density at radius 3 is 2.64 bits per heavy atom. The summed E-state index contributed by atoms with van der Waals surface area (Å²) >= 11 is 13.2. The minimum Gasteiger partial charge on any atom is -0.482 e. The van der Waals surface area contributed by atoms with Crippen molar-refractivity contribution in [2.45, 2.75) is 20.8 Å². The fourth-order valence-electron chi connectivity index (χ4n) is 2.06. The average Bonchev–Trinajstić information content (AvgIpc) is 2.82. The van der Waals surface area contributed by atoms with Crippen LogP contribution in [0.1, 0.15) is 27.7 Å². The first-order chi connectivity index (χ1) is 11.8. The van der Waals surface area contributed by atoms with Crippen LogP contribution in [0, 0.1) is 13.8 Å². The van der Waals surface area contributed by atoms with Gasteiger partial charge in [0, 0.05) is 16.0 Å². The smallest absolute Gasteiger partial charge is 0.341 e. The predicted octanol–water partition coefficient (Wildman–Crippen LogP) is 4.87. The van der Waals surface area contributed by atoms with Crippen LogP contribution in [0.3, 0.4) is 0 Å². The lowest BCUT2D eigenvalue weighted by Crippen LogP contribution is -2.21. The Bertz CT molecular complexity index is 804. The largest absolute Gasteiger partial charge is 0.482 e. The lowest BCUT2D eigenvalue weighted by molar-refractivity contribution is -0.118. The molecule has 0 spiro atoms. The number of hydrogen-bond acceptors (Lipinski definition) is 5. The van der Waals surface area contributed by atoms with Gasteiger partial charge in [0.05, 0.1) is 17.2 Å². The van der Waals surface area contributed by atoms with Crippen molar-refractivity contribution in [3.05, 3.63) is 44.2 Å². The number of amides is 1. The van der Waals surface area contributed by atoms with Crippen LogP contribution in [0.5, 0.6) is 5.75 Å². The summed E-state index contributed by atoms with van der Waals surface area (Å²) in [6.07, 6.45) is 0. The van der Waals surface area contributed by atoms with Crippen LogP contribution in [0.2, 0.25) is 10.0 Å². The molecule has 0 atom stereocenters. The summed E-state index contributed by atoms with van der Waals surface area (Å²) in [7, 11) is 0. The molecule has 0 bridgehead atoms. The third kappa shape index (κ3) is 4.87. The van der Waals surface area contributed by atoms with Gasteiger partial charge in [0.25, 0.3) is 5.91 Å². The summed E-state index contributed by atoms with van der Waals surface area (Å²) in [5.41, 5.74) is 1.16. The molecule has 2 aromatic rings. The summed E-state index contributed by atoms with van der Waals surface area (Å²) in [5.74, 6) is -0.560. The molecule has 0 fully saturated rings. The molecule has 134 valence electrons. The standard InChI is InChI=1S/C17H17Cl2NO4S/c1-4-23-17(22)15-9(2)10(3)25-16(15)20-14(21)8-24-13-7-11(18)5-6-12(13)19/h5-7H,4,8H2,1-3H3,(H,20,21). The van der Waals surface area contributed by atoms with E-state index in [1.807, 2.05) is 13.8 Å². The van der Waals surface area contributed by atoms with Gasteiger partial charge in [0.1, 0.15) is 10.8 Å². The zero-order chi connectivity index (χ0) is 18.6. The number of nitrogens with one attached hydrogen (secondary N) is 1. The predicted molar refractivity (Wildman–Crippen MR) is 100 cm³/mol. The van der Waals surface area contributed by atoms with E-state index < -0.39 is 11.9 Å². The molecule has 2 rings (SSSR count). The minimum absolute atomic E-state index is 0.261. The quantitative estimate of drug-likeness (QED) is 0.701. The van der Waals surface area contributed by atoms with Gasteiger partial charge in [-0.2, -0.15) is 0 Å². The third-order valence-corrected chi connectivity index (χ3v) is 5.04. The van der Waals surface area contributed by atoms with Gasteiger partial charge in [0.15, 0.2) is 6.61 Å². The number of carbonyl (C=O) groups excluding carboxylic acids is 2. The van der Waals surface area contributed by atoms with Crippen molar-refractivity contribution in [2.24, 2.45) is 0 Å². The maximum absolute atomic E-state index is 12.2. The number of aryl methyl sites for hydroxylation is 1. The van der Waals surface area contributed by atoms with Gasteiger partial charge in [0.2, 0.25) is 0 Å². The fourth-order valence-corrected chi connectivity index (χ4v) is 3.46. The molecule has 0 unspecified atom stereocenters. The maximum Gasteiger partial charge on any atom is 0.341 e. The normalized spacial score (nSPS) is 10.4. The zero-order valence-corrected chi connectivity index (χ0v) is 16.3. The molecule has 25 heavy (non-hydrogen) atoms. The van der Waals surface area contributed by atoms with Gasteiger partial charge in [-0.3, -0.25) is 4.79 Å². The van der Waals surface area contributed by atoms with Gasteiger partial charge in [-0.05, 0) is 38.5 Å². The van der Waals surface area contributed by atoms with Crippen LogP contribution < -0.4 is 10.1 Å². The molecule has 0 aliphatic heterocycles. The Labute approximate surface area is 159 Å². The second kappa shape index (κ2) is 8.56. The van der Waals surface area contributed by atoms with E-state index in [0.29, 0.717) is 26.4 Å². The van der Waals surface area contributed by atoms with Gasteiger partial charge >= 0.3 is 5.97 Å². The molecule has 0 aliphatic carbocycles. The second-order valence-corrected chi connectivity index (χ2v) is 7.19.